The largest absolute Gasteiger partial charge is 0.312 e. The lowest BCUT2D eigenvalue weighted by Gasteiger charge is -2.24. The van der Waals surface area contributed by atoms with Crippen molar-refractivity contribution in [1.82, 2.24) is 14.9 Å². The molecule has 1 aromatic rings. The molecular formula is C12H19N3O. The molecule has 4 nitrogen and oxygen atoms in total. The highest BCUT2D eigenvalue weighted by Crippen LogP contribution is 2.08. The molecule has 1 atom stereocenters. The van der Waals surface area contributed by atoms with Gasteiger partial charge in [-0.3, -0.25) is 9.36 Å². The van der Waals surface area contributed by atoms with Gasteiger partial charge in [-0.25, -0.2) is 4.98 Å². The molecule has 0 aliphatic carbocycles. The molecule has 1 unspecified atom stereocenters. The number of aryl methyl sites for hydroxylation is 2. The van der Waals surface area contributed by atoms with Crippen molar-refractivity contribution in [2.24, 2.45) is 0 Å². The number of aromatic nitrogens is 2. The summed E-state index contributed by atoms with van der Waals surface area (Å²) in [6.07, 6.45) is 3.65. The third-order valence-corrected chi connectivity index (χ3v) is 3.14. The molecule has 1 aliphatic rings. The number of rotatable bonds is 2. The van der Waals surface area contributed by atoms with E-state index in [4.69, 9.17) is 0 Å². The second-order valence-electron chi connectivity index (χ2n) is 4.54. The molecular weight excluding hydrogens is 202 g/mol. The van der Waals surface area contributed by atoms with Crippen molar-refractivity contribution < 1.29 is 0 Å². The minimum Gasteiger partial charge on any atom is -0.312 e. The lowest BCUT2D eigenvalue weighted by atomic mass is 10.1. The fourth-order valence-electron chi connectivity index (χ4n) is 2.29. The maximum atomic E-state index is 11.8. The van der Waals surface area contributed by atoms with E-state index in [9.17, 15) is 4.79 Å². The SMILES string of the molecule is Cc1cc(=O)n(CC2CCCCN2)c(C)n1. The zero-order valence-electron chi connectivity index (χ0n) is 9.99. The standard InChI is InChI=1S/C12H19N3O/c1-9-7-12(16)15(10(2)14-9)8-11-5-3-4-6-13-11/h7,11,13H,3-6,8H2,1-2H3. The summed E-state index contributed by atoms with van der Waals surface area (Å²) in [6, 6.07) is 2.03. The Labute approximate surface area is 95.7 Å². The van der Waals surface area contributed by atoms with Crippen LogP contribution in [0.3, 0.4) is 0 Å². The molecule has 2 rings (SSSR count). The van der Waals surface area contributed by atoms with Crippen molar-refractivity contribution >= 4 is 0 Å². The van der Waals surface area contributed by atoms with E-state index in [0.29, 0.717) is 6.04 Å². The average molecular weight is 221 g/mol. The van der Waals surface area contributed by atoms with Crippen LogP contribution in [0.1, 0.15) is 30.8 Å². The summed E-state index contributed by atoms with van der Waals surface area (Å²) in [5.74, 6) is 0.817. The lowest BCUT2D eigenvalue weighted by molar-refractivity contribution is 0.355. The summed E-state index contributed by atoms with van der Waals surface area (Å²) in [5, 5.41) is 3.45. The Morgan fingerprint density at radius 1 is 1.50 bits per heavy atom. The molecule has 88 valence electrons. The number of nitrogens with zero attached hydrogens (tertiary/aromatic N) is 2. The van der Waals surface area contributed by atoms with Gasteiger partial charge < -0.3 is 5.32 Å². The van der Waals surface area contributed by atoms with E-state index in [-0.39, 0.29) is 5.56 Å². The van der Waals surface area contributed by atoms with Gasteiger partial charge in [0.25, 0.3) is 5.56 Å². The Morgan fingerprint density at radius 2 is 2.31 bits per heavy atom. The lowest BCUT2D eigenvalue weighted by Crippen LogP contribution is -2.40. The van der Waals surface area contributed by atoms with Gasteiger partial charge in [0, 0.05) is 24.3 Å². The second-order valence-corrected chi connectivity index (χ2v) is 4.54. The van der Waals surface area contributed by atoms with Gasteiger partial charge in [0.2, 0.25) is 0 Å². The summed E-state index contributed by atoms with van der Waals surface area (Å²) >= 11 is 0. The molecule has 0 spiro atoms. The van der Waals surface area contributed by atoms with E-state index in [1.807, 2.05) is 13.8 Å². The maximum Gasteiger partial charge on any atom is 0.253 e. The first-order chi connectivity index (χ1) is 7.66. The van der Waals surface area contributed by atoms with Gasteiger partial charge in [0.05, 0.1) is 0 Å². The van der Waals surface area contributed by atoms with E-state index in [0.717, 1.165) is 31.0 Å². The van der Waals surface area contributed by atoms with Gasteiger partial charge in [0.15, 0.2) is 0 Å². The molecule has 16 heavy (non-hydrogen) atoms. The predicted octanol–water partition coefficient (Wildman–Crippen LogP) is 1.00. The minimum absolute atomic E-state index is 0.0670. The summed E-state index contributed by atoms with van der Waals surface area (Å²) < 4.78 is 1.77. The van der Waals surface area contributed by atoms with Crippen LogP contribution in [0, 0.1) is 13.8 Å². The second kappa shape index (κ2) is 4.78. The monoisotopic (exact) mass is 221 g/mol. The van der Waals surface area contributed by atoms with Crippen molar-refractivity contribution in [2.45, 2.75) is 45.7 Å². The first-order valence-electron chi connectivity index (χ1n) is 5.95. The van der Waals surface area contributed by atoms with Crippen LogP contribution in [0.2, 0.25) is 0 Å². The highest BCUT2D eigenvalue weighted by Gasteiger charge is 2.14. The average Bonchev–Trinajstić information content (AvgIpc) is 2.25. The number of piperidine rings is 1. The molecule has 0 amide bonds. The van der Waals surface area contributed by atoms with Crippen LogP contribution in [0.5, 0.6) is 0 Å². The minimum atomic E-state index is 0.0670. The maximum absolute atomic E-state index is 11.8. The van der Waals surface area contributed by atoms with Gasteiger partial charge >= 0.3 is 0 Å². The first kappa shape index (κ1) is 11.3. The molecule has 4 heteroatoms. The van der Waals surface area contributed by atoms with Crippen molar-refractivity contribution in [3.63, 3.8) is 0 Å². The van der Waals surface area contributed by atoms with Crippen LogP contribution in [-0.2, 0) is 6.54 Å². The van der Waals surface area contributed by atoms with Crippen molar-refractivity contribution in [3.8, 4) is 0 Å². The summed E-state index contributed by atoms with van der Waals surface area (Å²) in [5.41, 5.74) is 0.868. The van der Waals surface area contributed by atoms with Crippen LogP contribution in [-0.4, -0.2) is 22.1 Å². The highest BCUT2D eigenvalue weighted by atomic mass is 16.1. The third kappa shape index (κ3) is 2.50. The smallest absolute Gasteiger partial charge is 0.253 e. The van der Waals surface area contributed by atoms with Gasteiger partial charge in [-0.15, -0.1) is 0 Å². The van der Waals surface area contributed by atoms with Crippen molar-refractivity contribution in [2.75, 3.05) is 6.54 Å². The quantitative estimate of drug-likeness (QED) is 0.810. The van der Waals surface area contributed by atoms with Crippen LogP contribution < -0.4 is 10.9 Å². The molecule has 0 saturated carbocycles. The van der Waals surface area contributed by atoms with E-state index in [1.165, 1.54) is 12.8 Å². The van der Waals surface area contributed by atoms with Crippen molar-refractivity contribution in [3.05, 3.63) is 27.9 Å². The van der Waals surface area contributed by atoms with Crippen LogP contribution in [0.25, 0.3) is 0 Å². The van der Waals surface area contributed by atoms with E-state index in [1.54, 1.807) is 10.6 Å². The zero-order valence-corrected chi connectivity index (χ0v) is 9.99. The topological polar surface area (TPSA) is 46.9 Å². The summed E-state index contributed by atoms with van der Waals surface area (Å²) in [6.45, 7) is 5.57. The molecule has 1 fully saturated rings. The molecule has 0 bridgehead atoms. The molecule has 0 aromatic carbocycles. The fourth-order valence-corrected chi connectivity index (χ4v) is 2.29. The Kier molecular flexibility index (Phi) is 3.39. The molecule has 0 radical (unpaired) electrons. The van der Waals surface area contributed by atoms with Crippen LogP contribution >= 0.6 is 0 Å². The van der Waals surface area contributed by atoms with Gasteiger partial charge in [0.1, 0.15) is 5.82 Å². The summed E-state index contributed by atoms with van der Waals surface area (Å²) in [4.78, 5) is 16.2. The Balaban J connectivity index is 2.17. The van der Waals surface area contributed by atoms with Crippen LogP contribution in [0.15, 0.2) is 10.9 Å². The van der Waals surface area contributed by atoms with Gasteiger partial charge in [-0.2, -0.15) is 0 Å². The highest BCUT2D eigenvalue weighted by molar-refractivity contribution is 5.02. The Morgan fingerprint density at radius 3 is 2.94 bits per heavy atom. The van der Waals surface area contributed by atoms with Gasteiger partial charge in [-0.05, 0) is 33.2 Å². The van der Waals surface area contributed by atoms with Crippen molar-refractivity contribution in [1.29, 1.82) is 0 Å². The number of hydrogen-bond donors (Lipinski definition) is 1. The zero-order chi connectivity index (χ0) is 11.5. The Bertz CT molecular complexity index is 419. The molecule has 1 aromatic heterocycles. The van der Waals surface area contributed by atoms with E-state index in [2.05, 4.69) is 10.3 Å². The van der Waals surface area contributed by atoms with Gasteiger partial charge in [-0.1, -0.05) is 6.42 Å². The molecule has 2 heterocycles. The normalized spacial score (nSPS) is 21.0. The Hall–Kier alpha value is -1.16. The molecule has 1 aliphatic heterocycles. The summed E-state index contributed by atoms with van der Waals surface area (Å²) in [7, 11) is 0. The third-order valence-electron chi connectivity index (χ3n) is 3.14. The molecule has 1 N–H and O–H groups in total. The first-order valence-corrected chi connectivity index (χ1v) is 5.95. The fraction of sp³-hybridized carbons (Fsp3) is 0.667. The molecule has 1 saturated heterocycles. The van der Waals surface area contributed by atoms with E-state index < -0.39 is 0 Å². The van der Waals surface area contributed by atoms with E-state index >= 15 is 0 Å². The number of hydrogen-bond acceptors (Lipinski definition) is 3. The van der Waals surface area contributed by atoms with Crippen LogP contribution in [0.4, 0.5) is 0 Å². The predicted molar refractivity (Wildman–Crippen MR) is 63.6 cm³/mol. The number of nitrogens with one attached hydrogen (secondary N) is 1.